The fourth-order valence-electron chi connectivity index (χ4n) is 4.79. The largest absolute Gasteiger partial charge is 0.361 e. The van der Waals surface area contributed by atoms with E-state index in [1.807, 2.05) is 13.0 Å². The van der Waals surface area contributed by atoms with Gasteiger partial charge in [0, 0.05) is 44.6 Å². The summed E-state index contributed by atoms with van der Waals surface area (Å²) in [6.07, 6.45) is 7.72. The van der Waals surface area contributed by atoms with Crippen LogP contribution in [-0.4, -0.2) is 47.2 Å². The van der Waals surface area contributed by atoms with Gasteiger partial charge in [-0.25, -0.2) is 0 Å². The van der Waals surface area contributed by atoms with Gasteiger partial charge >= 0.3 is 0 Å². The molecule has 0 spiro atoms. The highest BCUT2D eigenvalue weighted by Crippen LogP contribution is 2.37. The minimum absolute atomic E-state index is 0.0831. The first-order valence-electron chi connectivity index (χ1n) is 11.0. The lowest BCUT2D eigenvalue weighted by Crippen LogP contribution is -2.44. The number of amides is 2. The highest BCUT2D eigenvalue weighted by molar-refractivity contribution is 5.93. The van der Waals surface area contributed by atoms with Crippen LogP contribution in [0.1, 0.15) is 79.1 Å². The fraction of sp³-hybridized carbons (Fsp3) is 0.636. The number of hydrogen-bond acceptors (Lipinski definition) is 6. The van der Waals surface area contributed by atoms with Crippen molar-refractivity contribution in [1.29, 1.82) is 0 Å². The Bertz CT molecular complexity index is 899. The van der Waals surface area contributed by atoms with E-state index in [-0.39, 0.29) is 17.6 Å². The zero-order valence-corrected chi connectivity index (χ0v) is 17.8. The van der Waals surface area contributed by atoms with Gasteiger partial charge in [-0.2, -0.15) is 0 Å². The van der Waals surface area contributed by atoms with E-state index < -0.39 is 5.41 Å². The van der Waals surface area contributed by atoms with Gasteiger partial charge in [0.05, 0.1) is 16.8 Å². The van der Waals surface area contributed by atoms with Gasteiger partial charge in [0.2, 0.25) is 11.7 Å². The van der Waals surface area contributed by atoms with E-state index in [0.29, 0.717) is 44.0 Å². The Balaban J connectivity index is 1.49. The van der Waals surface area contributed by atoms with Crippen molar-refractivity contribution < 1.29 is 18.6 Å². The number of aryl methyl sites for hydroxylation is 1. The van der Waals surface area contributed by atoms with Crippen molar-refractivity contribution in [2.75, 3.05) is 20.1 Å². The lowest BCUT2D eigenvalue weighted by molar-refractivity contribution is -0.130. The van der Waals surface area contributed by atoms with Gasteiger partial charge in [-0.15, -0.1) is 0 Å². The Hall–Kier alpha value is -2.64. The molecule has 1 unspecified atom stereocenters. The minimum atomic E-state index is -0.735. The number of carbonyl (C=O) groups is 2. The van der Waals surface area contributed by atoms with Crippen molar-refractivity contribution in [3.8, 4) is 0 Å². The summed E-state index contributed by atoms with van der Waals surface area (Å²) < 4.78 is 10.8. The average Bonchev–Trinajstić information content (AvgIpc) is 3.53. The van der Waals surface area contributed by atoms with E-state index >= 15 is 0 Å². The molecule has 1 atom stereocenters. The predicted octanol–water partition coefficient (Wildman–Crippen LogP) is 3.09. The first kappa shape index (κ1) is 20.6. The monoisotopic (exact) mass is 414 g/mol. The third kappa shape index (κ3) is 4.00. The zero-order chi connectivity index (χ0) is 21.1. The SMILES string of the molecule is CCc1cc(C(=O)N2CCC(Cc3cc(C4CCCCC4)no3)(C(=O)NC)C2)on1. The molecule has 8 heteroatoms. The van der Waals surface area contributed by atoms with Crippen molar-refractivity contribution in [2.45, 2.75) is 64.2 Å². The summed E-state index contributed by atoms with van der Waals surface area (Å²) in [6.45, 7) is 2.75. The van der Waals surface area contributed by atoms with Crippen LogP contribution < -0.4 is 5.32 Å². The Morgan fingerprint density at radius 1 is 1.20 bits per heavy atom. The van der Waals surface area contributed by atoms with Crippen molar-refractivity contribution >= 4 is 11.8 Å². The molecule has 1 aliphatic heterocycles. The molecule has 0 radical (unpaired) electrons. The molecule has 2 aromatic heterocycles. The summed E-state index contributed by atoms with van der Waals surface area (Å²) in [4.78, 5) is 27.4. The molecule has 0 bridgehead atoms. The highest BCUT2D eigenvalue weighted by atomic mass is 16.5. The number of aromatic nitrogens is 2. The topological polar surface area (TPSA) is 101 Å². The standard InChI is InChI=1S/C22H30N4O4/c1-3-16-11-19(30-24-16)20(27)26-10-9-22(14-26,21(28)23-2)13-17-12-18(25-29-17)15-7-5-4-6-8-15/h11-12,15H,3-10,13-14H2,1-2H3,(H,23,28). The number of nitrogens with zero attached hydrogens (tertiary/aromatic N) is 3. The lowest BCUT2D eigenvalue weighted by atomic mass is 9.81. The van der Waals surface area contributed by atoms with Crippen LogP contribution in [0.4, 0.5) is 0 Å². The average molecular weight is 415 g/mol. The van der Waals surface area contributed by atoms with Gasteiger partial charge in [-0.3, -0.25) is 9.59 Å². The van der Waals surface area contributed by atoms with Gasteiger partial charge in [0.25, 0.3) is 5.91 Å². The number of rotatable bonds is 6. The molecular weight excluding hydrogens is 384 g/mol. The third-order valence-corrected chi connectivity index (χ3v) is 6.59. The first-order chi connectivity index (χ1) is 14.5. The summed E-state index contributed by atoms with van der Waals surface area (Å²) in [6, 6.07) is 3.68. The normalized spacial score (nSPS) is 22.4. The molecule has 0 aromatic carbocycles. The molecule has 4 rings (SSSR count). The molecular formula is C22H30N4O4. The second-order valence-electron chi connectivity index (χ2n) is 8.60. The summed E-state index contributed by atoms with van der Waals surface area (Å²) >= 11 is 0. The predicted molar refractivity (Wildman–Crippen MR) is 109 cm³/mol. The van der Waals surface area contributed by atoms with E-state index in [2.05, 4.69) is 15.6 Å². The maximum absolute atomic E-state index is 12.9. The van der Waals surface area contributed by atoms with Crippen LogP contribution in [0.2, 0.25) is 0 Å². The summed E-state index contributed by atoms with van der Waals surface area (Å²) in [7, 11) is 1.63. The van der Waals surface area contributed by atoms with Crippen molar-refractivity contribution in [3.05, 3.63) is 35.0 Å². The number of hydrogen-bond donors (Lipinski definition) is 1. The first-order valence-corrected chi connectivity index (χ1v) is 11.0. The third-order valence-electron chi connectivity index (χ3n) is 6.59. The van der Waals surface area contributed by atoms with Gasteiger partial charge in [-0.1, -0.05) is 36.5 Å². The summed E-state index contributed by atoms with van der Waals surface area (Å²) in [5, 5.41) is 11.0. The Morgan fingerprint density at radius 2 is 2.00 bits per heavy atom. The van der Waals surface area contributed by atoms with Crippen molar-refractivity contribution in [3.63, 3.8) is 0 Å². The van der Waals surface area contributed by atoms with E-state index in [1.165, 1.54) is 19.3 Å². The molecule has 2 amide bonds. The second kappa shape index (κ2) is 8.62. The number of likely N-dealkylation sites (tertiary alicyclic amines) is 1. The zero-order valence-electron chi connectivity index (χ0n) is 17.8. The van der Waals surface area contributed by atoms with E-state index in [0.717, 1.165) is 24.2 Å². The smallest absolute Gasteiger partial charge is 0.292 e. The fourth-order valence-corrected chi connectivity index (χ4v) is 4.79. The van der Waals surface area contributed by atoms with E-state index in [9.17, 15) is 9.59 Å². The molecule has 2 aliphatic rings. The summed E-state index contributed by atoms with van der Waals surface area (Å²) in [5.41, 5.74) is 1.00. The lowest BCUT2D eigenvalue weighted by Gasteiger charge is -2.26. The van der Waals surface area contributed by atoms with E-state index in [1.54, 1.807) is 18.0 Å². The van der Waals surface area contributed by atoms with Crippen LogP contribution in [-0.2, 0) is 17.6 Å². The van der Waals surface area contributed by atoms with Crippen LogP contribution >= 0.6 is 0 Å². The van der Waals surface area contributed by atoms with Crippen LogP contribution in [0.5, 0.6) is 0 Å². The molecule has 162 valence electrons. The maximum Gasteiger partial charge on any atom is 0.292 e. The summed E-state index contributed by atoms with van der Waals surface area (Å²) in [5.74, 6) is 1.07. The van der Waals surface area contributed by atoms with Crippen LogP contribution in [0.3, 0.4) is 0 Å². The molecule has 3 heterocycles. The minimum Gasteiger partial charge on any atom is -0.361 e. The Kier molecular flexibility index (Phi) is 5.92. The van der Waals surface area contributed by atoms with Crippen LogP contribution in [0.15, 0.2) is 21.2 Å². The van der Waals surface area contributed by atoms with Gasteiger partial charge in [0.15, 0.2) is 0 Å². The van der Waals surface area contributed by atoms with Crippen molar-refractivity contribution in [1.82, 2.24) is 20.5 Å². The van der Waals surface area contributed by atoms with Crippen LogP contribution in [0.25, 0.3) is 0 Å². The molecule has 1 saturated carbocycles. The molecule has 1 saturated heterocycles. The second-order valence-corrected chi connectivity index (χ2v) is 8.60. The van der Waals surface area contributed by atoms with Gasteiger partial charge in [0.1, 0.15) is 5.76 Å². The van der Waals surface area contributed by atoms with Gasteiger partial charge in [-0.05, 0) is 25.7 Å². The molecule has 1 aliphatic carbocycles. The highest BCUT2D eigenvalue weighted by Gasteiger charge is 2.47. The van der Waals surface area contributed by atoms with E-state index in [4.69, 9.17) is 9.05 Å². The molecule has 1 N–H and O–H groups in total. The molecule has 2 aromatic rings. The molecule has 8 nitrogen and oxygen atoms in total. The quantitative estimate of drug-likeness (QED) is 0.779. The number of nitrogens with one attached hydrogen (secondary N) is 1. The van der Waals surface area contributed by atoms with Crippen LogP contribution in [0, 0.1) is 5.41 Å². The Labute approximate surface area is 176 Å². The Morgan fingerprint density at radius 3 is 2.70 bits per heavy atom. The van der Waals surface area contributed by atoms with Gasteiger partial charge < -0.3 is 19.3 Å². The maximum atomic E-state index is 12.9. The number of carbonyl (C=O) groups excluding carboxylic acids is 2. The molecule has 30 heavy (non-hydrogen) atoms. The van der Waals surface area contributed by atoms with Crippen molar-refractivity contribution in [2.24, 2.45) is 5.41 Å². The molecule has 2 fully saturated rings.